The third-order valence-electron chi connectivity index (χ3n) is 5.04. The van der Waals surface area contributed by atoms with E-state index in [0.29, 0.717) is 29.9 Å². The van der Waals surface area contributed by atoms with E-state index in [1.54, 1.807) is 6.08 Å². The van der Waals surface area contributed by atoms with Crippen LogP contribution in [-0.4, -0.2) is 35.1 Å². The van der Waals surface area contributed by atoms with Crippen molar-refractivity contribution in [2.75, 3.05) is 24.3 Å². The average molecular weight is 517 g/mol. The number of hydrogen-bond donors (Lipinski definition) is 2. The lowest BCUT2D eigenvalue weighted by molar-refractivity contribution is -0.127. The van der Waals surface area contributed by atoms with Crippen LogP contribution in [0, 0.1) is 0 Å². The summed E-state index contributed by atoms with van der Waals surface area (Å²) in [6.07, 6.45) is 1.31. The zero-order chi connectivity index (χ0) is 22.7. The fraction of sp³-hybridized carbons (Fsp3) is 0.304. The molecule has 0 unspecified atom stereocenters. The lowest BCUT2D eigenvalue weighted by Gasteiger charge is -2.43. The Morgan fingerprint density at radius 2 is 2.09 bits per heavy atom. The minimum Gasteiger partial charge on any atom is -0.490 e. The van der Waals surface area contributed by atoms with E-state index in [2.05, 4.69) is 33.1 Å². The normalized spacial score (nSPS) is 19.2. The number of thioether (sulfide) groups is 1. The number of nitrogens with zero attached hydrogens (tertiary/aromatic N) is 2. The molecule has 0 saturated heterocycles. The van der Waals surface area contributed by atoms with Crippen LogP contribution in [0.25, 0.3) is 0 Å². The predicted octanol–water partition coefficient (Wildman–Crippen LogP) is 5.03. The first-order valence-corrected chi connectivity index (χ1v) is 12.2. The fourth-order valence-electron chi connectivity index (χ4n) is 3.78. The van der Waals surface area contributed by atoms with Crippen LogP contribution in [-0.2, 0) is 4.79 Å². The summed E-state index contributed by atoms with van der Waals surface area (Å²) >= 11 is 5.13. The SMILES string of the molecule is C=CCOc1c(Br)cc([C@H]2Nc3ccccc3[C@H]3C(=O)NC(SCC)=NN23)cc1OCC. The van der Waals surface area contributed by atoms with Crippen molar-refractivity contribution < 1.29 is 14.3 Å². The molecule has 7 nitrogen and oxygen atoms in total. The van der Waals surface area contributed by atoms with E-state index in [1.807, 2.05) is 55.3 Å². The summed E-state index contributed by atoms with van der Waals surface area (Å²) in [5, 5.41) is 13.7. The van der Waals surface area contributed by atoms with E-state index in [-0.39, 0.29) is 12.1 Å². The number of hydrogen-bond acceptors (Lipinski definition) is 7. The Kier molecular flexibility index (Phi) is 6.95. The van der Waals surface area contributed by atoms with Gasteiger partial charge in [0.25, 0.3) is 5.91 Å². The molecule has 1 amide bonds. The molecule has 2 aromatic rings. The monoisotopic (exact) mass is 516 g/mol. The Labute approximate surface area is 200 Å². The summed E-state index contributed by atoms with van der Waals surface area (Å²) in [6, 6.07) is 11.2. The van der Waals surface area contributed by atoms with Gasteiger partial charge in [-0.15, -0.1) is 5.10 Å². The first-order valence-electron chi connectivity index (χ1n) is 10.4. The molecule has 2 atom stereocenters. The molecule has 0 radical (unpaired) electrons. The maximum absolute atomic E-state index is 13.1. The second kappa shape index (κ2) is 9.87. The minimum atomic E-state index is -0.537. The van der Waals surface area contributed by atoms with Gasteiger partial charge in [0, 0.05) is 16.8 Å². The van der Waals surface area contributed by atoms with Gasteiger partial charge in [-0.25, -0.2) is 0 Å². The molecule has 0 spiro atoms. The lowest BCUT2D eigenvalue weighted by atomic mass is 9.97. The molecule has 0 aromatic heterocycles. The van der Waals surface area contributed by atoms with Crippen molar-refractivity contribution in [3.63, 3.8) is 0 Å². The van der Waals surface area contributed by atoms with Crippen LogP contribution in [0.15, 0.2) is 58.6 Å². The number of nitrogens with one attached hydrogen (secondary N) is 2. The van der Waals surface area contributed by atoms with Gasteiger partial charge in [-0.05, 0) is 46.8 Å². The molecule has 0 aliphatic carbocycles. The summed E-state index contributed by atoms with van der Waals surface area (Å²) in [7, 11) is 0. The van der Waals surface area contributed by atoms with Gasteiger partial charge < -0.3 is 20.1 Å². The number of anilines is 1. The number of carbonyl (C=O) groups is 1. The first-order chi connectivity index (χ1) is 15.6. The van der Waals surface area contributed by atoms with Crippen LogP contribution < -0.4 is 20.1 Å². The van der Waals surface area contributed by atoms with Gasteiger partial charge >= 0.3 is 0 Å². The third-order valence-corrected chi connectivity index (χ3v) is 6.37. The van der Waals surface area contributed by atoms with E-state index in [1.165, 1.54) is 11.8 Å². The number of amides is 1. The Morgan fingerprint density at radius 1 is 1.28 bits per heavy atom. The number of fused-ring (bicyclic) bond motifs is 3. The van der Waals surface area contributed by atoms with Crippen LogP contribution in [0.2, 0.25) is 0 Å². The molecule has 0 fully saturated rings. The molecule has 2 heterocycles. The number of para-hydroxylation sites is 1. The molecule has 2 aliphatic rings. The van der Waals surface area contributed by atoms with Gasteiger partial charge in [0.2, 0.25) is 0 Å². The molecule has 9 heteroatoms. The summed E-state index contributed by atoms with van der Waals surface area (Å²) < 4.78 is 12.5. The Balaban J connectivity index is 1.82. The average Bonchev–Trinajstić information content (AvgIpc) is 2.78. The fourth-order valence-corrected chi connectivity index (χ4v) is 4.95. The summed E-state index contributed by atoms with van der Waals surface area (Å²) in [4.78, 5) is 13.1. The van der Waals surface area contributed by atoms with Crippen molar-refractivity contribution in [3.8, 4) is 11.5 Å². The van der Waals surface area contributed by atoms with Crippen molar-refractivity contribution in [1.29, 1.82) is 0 Å². The van der Waals surface area contributed by atoms with Crippen molar-refractivity contribution in [2.45, 2.75) is 26.1 Å². The van der Waals surface area contributed by atoms with E-state index in [9.17, 15) is 4.79 Å². The van der Waals surface area contributed by atoms with Gasteiger partial charge in [0.15, 0.2) is 22.7 Å². The highest BCUT2D eigenvalue weighted by molar-refractivity contribution is 9.10. The molecular weight excluding hydrogens is 492 g/mol. The number of hydrazone groups is 1. The van der Waals surface area contributed by atoms with Crippen molar-refractivity contribution in [1.82, 2.24) is 10.3 Å². The third kappa shape index (κ3) is 4.31. The number of amidine groups is 1. The summed E-state index contributed by atoms with van der Waals surface area (Å²) in [6.45, 7) is 8.53. The Morgan fingerprint density at radius 3 is 2.84 bits per heavy atom. The zero-order valence-corrected chi connectivity index (χ0v) is 20.3. The zero-order valence-electron chi connectivity index (χ0n) is 17.9. The second-order valence-electron chi connectivity index (χ2n) is 7.11. The van der Waals surface area contributed by atoms with E-state index >= 15 is 0 Å². The lowest BCUT2D eigenvalue weighted by Crippen LogP contribution is -2.50. The van der Waals surface area contributed by atoms with Crippen LogP contribution in [0.1, 0.15) is 37.2 Å². The topological polar surface area (TPSA) is 75.2 Å². The van der Waals surface area contributed by atoms with Gasteiger partial charge in [-0.2, -0.15) is 0 Å². The molecule has 2 N–H and O–H groups in total. The number of benzene rings is 2. The molecule has 2 aliphatic heterocycles. The van der Waals surface area contributed by atoms with E-state index in [0.717, 1.165) is 27.0 Å². The summed E-state index contributed by atoms with van der Waals surface area (Å²) in [5.41, 5.74) is 2.68. The maximum atomic E-state index is 13.1. The number of carbonyl (C=O) groups excluding carboxylic acids is 1. The molecule has 168 valence electrons. The van der Waals surface area contributed by atoms with Gasteiger partial charge in [0.05, 0.1) is 11.1 Å². The highest BCUT2D eigenvalue weighted by Crippen LogP contribution is 2.45. The van der Waals surface area contributed by atoms with Crippen molar-refractivity contribution in [2.24, 2.45) is 5.10 Å². The van der Waals surface area contributed by atoms with Crippen LogP contribution in [0.5, 0.6) is 11.5 Å². The Hall–Kier alpha value is -2.65. The second-order valence-corrected chi connectivity index (χ2v) is 9.21. The van der Waals surface area contributed by atoms with Crippen LogP contribution in [0.4, 0.5) is 5.69 Å². The van der Waals surface area contributed by atoms with Crippen molar-refractivity contribution in [3.05, 3.63) is 64.7 Å². The predicted molar refractivity (Wildman–Crippen MR) is 132 cm³/mol. The van der Waals surface area contributed by atoms with Gasteiger partial charge in [0.1, 0.15) is 12.8 Å². The highest BCUT2D eigenvalue weighted by Gasteiger charge is 2.42. The van der Waals surface area contributed by atoms with Crippen LogP contribution >= 0.6 is 27.7 Å². The number of ether oxygens (including phenoxy) is 2. The molecular formula is C23H25BrN4O3S. The number of rotatable bonds is 7. The van der Waals surface area contributed by atoms with Gasteiger partial charge in [-0.1, -0.05) is 49.5 Å². The molecule has 32 heavy (non-hydrogen) atoms. The molecule has 4 rings (SSSR count). The highest BCUT2D eigenvalue weighted by atomic mass is 79.9. The van der Waals surface area contributed by atoms with Crippen molar-refractivity contribution >= 4 is 44.5 Å². The summed E-state index contributed by atoms with van der Waals surface area (Å²) in [5.74, 6) is 1.95. The number of halogens is 1. The first kappa shape index (κ1) is 22.5. The quantitative estimate of drug-likeness (QED) is 0.502. The smallest absolute Gasteiger partial charge is 0.255 e. The largest absolute Gasteiger partial charge is 0.490 e. The molecule has 0 bridgehead atoms. The maximum Gasteiger partial charge on any atom is 0.255 e. The van der Waals surface area contributed by atoms with Gasteiger partial charge in [-0.3, -0.25) is 9.80 Å². The molecule has 2 aromatic carbocycles. The van der Waals surface area contributed by atoms with E-state index in [4.69, 9.17) is 14.6 Å². The minimum absolute atomic E-state index is 0.0927. The van der Waals surface area contributed by atoms with Crippen LogP contribution in [0.3, 0.4) is 0 Å². The Bertz CT molecular complexity index is 1060. The van der Waals surface area contributed by atoms with E-state index < -0.39 is 6.04 Å². The standard InChI is InChI=1S/C23H25BrN4O3S/c1-4-11-31-20-16(24)12-14(13-18(20)30-5-2)21-25-17-10-8-7-9-15(17)19-22(29)26-23(32-6-3)27-28(19)21/h4,7-10,12-13,19,21,25H,1,5-6,11H2,2-3H3,(H,26,27,29)/t19-,21-/m0/s1. The molecule has 0 saturated carbocycles.